The third-order valence-corrected chi connectivity index (χ3v) is 4.44. The number of aliphatic carboxylic acids is 1. The van der Waals surface area contributed by atoms with Gasteiger partial charge in [0, 0.05) is 17.4 Å². The van der Waals surface area contributed by atoms with E-state index in [1.807, 2.05) is 30.3 Å². The van der Waals surface area contributed by atoms with Gasteiger partial charge in [-0.05, 0) is 36.4 Å². The lowest BCUT2D eigenvalue weighted by atomic mass is 10.2. The van der Waals surface area contributed by atoms with Crippen molar-refractivity contribution in [2.45, 2.75) is 0 Å². The maximum Gasteiger partial charge on any atom is 0.341 e. The number of nitrogens with zero attached hydrogens (tertiary/aromatic N) is 2. The summed E-state index contributed by atoms with van der Waals surface area (Å²) >= 11 is 0. The number of anilines is 4. The Morgan fingerprint density at radius 1 is 1.06 bits per heavy atom. The largest absolute Gasteiger partial charge is 0.488 e. The van der Waals surface area contributed by atoms with Gasteiger partial charge in [-0.25, -0.2) is 14.6 Å². The summed E-state index contributed by atoms with van der Waals surface area (Å²) in [6.45, 7) is 0.354. The molecule has 2 aromatic carbocycles. The first kappa shape index (κ1) is 20.0. The molecule has 1 aromatic heterocycles. The Hall–Kier alpha value is -4.27. The van der Waals surface area contributed by atoms with Crippen LogP contribution in [0.2, 0.25) is 0 Å². The second-order valence-electron chi connectivity index (χ2n) is 6.67. The van der Waals surface area contributed by atoms with Crippen molar-refractivity contribution in [3.05, 3.63) is 66.9 Å². The second-order valence-corrected chi connectivity index (χ2v) is 6.67. The minimum absolute atomic E-state index is 0.277. The van der Waals surface area contributed by atoms with Gasteiger partial charge in [-0.3, -0.25) is 4.90 Å². The van der Waals surface area contributed by atoms with Crippen molar-refractivity contribution < 1.29 is 24.2 Å². The number of nitrogens with one attached hydrogen (secondary N) is 2. The van der Waals surface area contributed by atoms with E-state index in [9.17, 15) is 9.59 Å². The fourth-order valence-corrected chi connectivity index (χ4v) is 3.02. The highest BCUT2D eigenvalue weighted by atomic mass is 16.5. The summed E-state index contributed by atoms with van der Waals surface area (Å²) in [5.41, 5.74) is 2.15. The lowest BCUT2D eigenvalue weighted by molar-refractivity contribution is -0.139. The van der Waals surface area contributed by atoms with E-state index in [1.54, 1.807) is 41.4 Å². The van der Waals surface area contributed by atoms with Crippen molar-refractivity contribution in [2.24, 2.45) is 0 Å². The average Bonchev–Trinajstić information content (AvgIpc) is 2.78. The minimum atomic E-state index is -1.03. The first-order valence-electron chi connectivity index (χ1n) is 9.56. The number of pyridine rings is 1. The van der Waals surface area contributed by atoms with Crippen LogP contribution in [-0.4, -0.2) is 41.8 Å². The highest BCUT2D eigenvalue weighted by Crippen LogP contribution is 2.33. The van der Waals surface area contributed by atoms with Gasteiger partial charge in [0.2, 0.25) is 0 Å². The molecule has 158 valence electrons. The number of carboxylic acids is 1. The van der Waals surface area contributed by atoms with Gasteiger partial charge in [0.1, 0.15) is 12.4 Å². The van der Waals surface area contributed by atoms with E-state index >= 15 is 0 Å². The van der Waals surface area contributed by atoms with Gasteiger partial charge in [-0.2, -0.15) is 0 Å². The Labute approximate surface area is 178 Å². The summed E-state index contributed by atoms with van der Waals surface area (Å²) in [4.78, 5) is 29.2. The number of amides is 2. The monoisotopic (exact) mass is 420 g/mol. The van der Waals surface area contributed by atoms with Gasteiger partial charge in [-0.15, -0.1) is 0 Å². The van der Waals surface area contributed by atoms with Gasteiger partial charge < -0.3 is 25.2 Å². The van der Waals surface area contributed by atoms with E-state index in [-0.39, 0.29) is 6.03 Å². The van der Waals surface area contributed by atoms with E-state index < -0.39 is 12.6 Å². The fraction of sp³-hybridized carbons (Fsp3) is 0.136. The van der Waals surface area contributed by atoms with Gasteiger partial charge in [0.25, 0.3) is 0 Å². The van der Waals surface area contributed by atoms with Crippen LogP contribution in [0.25, 0.3) is 0 Å². The molecule has 9 nitrogen and oxygen atoms in total. The van der Waals surface area contributed by atoms with Crippen LogP contribution >= 0.6 is 0 Å². The topological polar surface area (TPSA) is 113 Å². The quantitative estimate of drug-likeness (QED) is 0.557. The molecular weight excluding hydrogens is 400 g/mol. The van der Waals surface area contributed by atoms with Crippen molar-refractivity contribution in [2.75, 3.05) is 35.3 Å². The van der Waals surface area contributed by atoms with E-state index in [0.29, 0.717) is 41.8 Å². The van der Waals surface area contributed by atoms with Gasteiger partial charge in [0.05, 0.1) is 18.4 Å². The molecule has 2 amide bonds. The molecular formula is C22H20N4O5. The third kappa shape index (κ3) is 5.02. The smallest absolute Gasteiger partial charge is 0.341 e. The summed E-state index contributed by atoms with van der Waals surface area (Å²) in [5, 5.41) is 14.7. The van der Waals surface area contributed by atoms with Crippen molar-refractivity contribution in [3.63, 3.8) is 0 Å². The first-order valence-corrected chi connectivity index (χ1v) is 9.56. The van der Waals surface area contributed by atoms with E-state index in [4.69, 9.17) is 14.6 Å². The molecule has 0 unspecified atom stereocenters. The molecule has 31 heavy (non-hydrogen) atoms. The van der Waals surface area contributed by atoms with Crippen LogP contribution in [-0.2, 0) is 4.79 Å². The Morgan fingerprint density at radius 2 is 1.84 bits per heavy atom. The molecule has 0 saturated heterocycles. The second kappa shape index (κ2) is 9.04. The number of para-hydroxylation sites is 1. The SMILES string of the molecule is O=C(O)COc1ccc(Nc2cnc3c(c2)OCCN3C(=O)Nc2ccccc2)cc1. The van der Waals surface area contributed by atoms with E-state index in [1.165, 1.54) is 0 Å². The summed E-state index contributed by atoms with van der Waals surface area (Å²) in [6.07, 6.45) is 1.62. The third-order valence-electron chi connectivity index (χ3n) is 4.44. The van der Waals surface area contributed by atoms with Gasteiger partial charge in [-0.1, -0.05) is 18.2 Å². The number of aromatic nitrogens is 1. The number of hydrogen-bond donors (Lipinski definition) is 3. The number of hydrogen-bond acceptors (Lipinski definition) is 6. The predicted octanol–water partition coefficient (Wildman–Crippen LogP) is 3.72. The molecule has 0 spiro atoms. The predicted molar refractivity (Wildman–Crippen MR) is 115 cm³/mol. The van der Waals surface area contributed by atoms with Crippen LogP contribution in [0.15, 0.2) is 66.9 Å². The molecule has 0 aliphatic carbocycles. The number of rotatable bonds is 6. The van der Waals surface area contributed by atoms with Crippen LogP contribution in [0.1, 0.15) is 0 Å². The number of carboxylic acid groups (broad SMARTS) is 1. The molecule has 0 atom stereocenters. The normalized spacial score (nSPS) is 12.3. The maximum atomic E-state index is 12.7. The van der Waals surface area contributed by atoms with Crippen LogP contribution in [0.4, 0.5) is 27.7 Å². The van der Waals surface area contributed by atoms with Crippen molar-refractivity contribution in [1.29, 1.82) is 0 Å². The molecule has 0 saturated carbocycles. The minimum Gasteiger partial charge on any atom is -0.488 e. The summed E-state index contributed by atoms with van der Waals surface area (Å²) in [6, 6.07) is 17.6. The zero-order valence-corrected chi connectivity index (χ0v) is 16.4. The van der Waals surface area contributed by atoms with E-state index in [0.717, 1.165) is 5.69 Å². The number of carbonyl (C=O) groups excluding carboxylic acids is 1. The summed E-state index contributed by atoms with van der Waals surface area (Å²) in [7, 11) is 0. The Morgan fingerprint density at radius 3 is 2.58 bits per heavy atom. The lowest BCUT2D eigenvalue weighted by Gasteiger charge is -2.28. The maximum absolute atomic E-state index is 12.7. The number of fused-ring (bicyclic) bond motifs is 1. The molecule has 1 aliphatic heterocycles. The lowest BCUT2D eigenvalue weighted by Crippen LogP contribution is -2.41. The standard InChI is InChI=1S/C22H20N4O5/c27-20(28)14-31-18-8-6-16(7-9-18)24-17-12-19-21(23-13-17)26(10-11-30-19)22(29)25-15-4-2-1-3-5-15/h1-9,12-13,24H,10-11,14H2,(H,25,29)(H,27,28). The van der Waals surface area contributed by atoms with Crippen LogP contribution in [0, 0.1) is 0 Å². The van der Waals surface area contributed by atoms with Crippen molar-refractivity contribution in [3.8, 4) is 11.5 Å². The Kier molecular flexibility index (Phi) is 5.84. The van der Waals surface area contributed by atoms with Gasteiger partial charge >= 0.3 is 12.0 Å². The van der Waals surface area contributed by atoms with Gasteiger partial charge in [0.15, 0.2) is 18.2 Å². The molecule has 4 rings (SSSR count). The molecule has 0 bridgehead atoms. The molecule has 1 aliphatic rings. The summed E-state index contributed by atoms with van der Waals surface area (Å²) < 4.78 is 10.8. The average molecular weight is 420 g/mol. The van der Waals surface area contributed by atoms with E-state index in [2.05, 4.69) is 15.6 Å². The number of urea groups is 1. The van der Waals surface area contributed by atoms with Crippen LogP contribution in [0.5, 0.6) is 11.5 Å². The Bertz CT molecular complexity index is 1070. The number of benzene rings is 2. The zero-order chi connectivity index (χ0) is 21.6. The van der Waals surface area contributed by atoms with Crippen LogP contribution in [0.3, 0.4) is 0 Å². The molecule has 3 aromatic rings. The molecule has 0 fully saturated rings. The van der Waals surface area contributed by atoms with Crippen LogP contribution < -0.4 is 25.0 Å². The summed E-state index contributed by atoms with van der Waals surface area (Å²) in [5.74, 6) is 0.372. The highest BCUT2D eigenvalue weighted by Gasteiger charge is 2.25. The number of carbonyl (C=O) groups is 2. The molecule has 0 radical (unpaired) electrons. The zero-order valence-electron chi connectivity index (χ0n) is 16.4. The van der Waals surface area contributed by atoms with Crippen molar-refractivity contribution >= 4 is 34.9 Å². The van der Waals surface area contributed by atoms with Crippen molar-refractivity contribution in [1.82, 2.24) is 4.98 Å². The highest BCUT2D eigenvalue weighted by molar-refractivity contribution is 6.02. The first-order chi connectivity index (χ1) is 15.1. The fourth-order valence-electron chi connectivity index (χ4n) is 3.02. The molecule has 3 N–H and O–H groups in total. The Balaban J connectivity index is 1.44. The molecule has 9 heteroatoms. The molecule has 2 heterocycles. The number of ether oxygens (including phenoxy) is 2.